The van der Waals surface area contributed by atoms with Crippen molar-refractivity contribution in [2.45, 2.75) is 51.6 Å². The normalized spacial score (nSPS) is 25.3. The van der Waals surface area contributed by atoms with Crippen molar-refractivity contribution in [2.24, 2.45) is 0 Å². The van der Waals surface area contributed by atoms with E-state index in [0.29, 0.717) is 0 Å². The van der Waals surface area contributed by atoms with Crippen molar-refractivity contribution >= 4 is 5.91 Å². The van der Waals surface area contributed by atoms with Gasteiger partial charge in [0.15, 0.2) is 0 Å². The third kappa shape index (κ3) is 5.69. The third-order valence-electron chi connectivity index (χ3n) is 5.97. The zero-order chi connectivity index (χ0) is 20.9. The smallest absolute Gasteiger partial charge is 0.251 e. The molecule has 2 heterocycles. The fourth-order valence-corrected chi connectivity index (χ4v) is 4.64. The van der Waals surface area contributed by atoms with Crippen molar-refractivity contribution in [1.82, 2.24) is 15.1 Å². The maximum absolute atomic E-state index is 12.7. The van der Waals surface area contributed by atoms with Gasteiger partial charge in [0, 0.05) is 50.9 Å². The summed E-state index contributed by atoms with van der Waals surface area (Å²) in [6.07, 6.45) is 1.54. The number of morpholine rings is 1. The van der Waals surface area contributed by atoms with Crippen LogP contribution in [0.15, 0.2) is 54.6 Å². The van der Waals surface area contributed by atoms with Crippen molar-refractivity contribution in [3.8, 4) is 0 Å². The summed E-state index contributed by atoms with van der Waals surface area (Å²) in [4.78, 5) is 17.5. The Balaban J connectivity index is 1.26. The molecule has 2 aliphatic rings. The first-order valence-corrected chi connectivity index (χ1v) is 11.1. The lowest BCUT2D eigenvalue weighted by Gasteiger charge is -2.35. The first-order chi connectivity index (χ1) is 14.5. The van der Waals surface area contributed by atoms with Crippen LogP contribution in [-0.4, -0.2) is 60.1 Å². The Morgan fingerprint density at radius 3 is 2.23 bits per heavy atom. The first-order valence-electron chi connectivity index (χ1n) is 11.1. The van der Waals surface area contributed by atoms with Crippen LogP contribution in [-0.2, 0) is 17.8 Å². The van der Waals surface area contributed by atoms with E-state index in [1.807, 2.05) is 18.2 Å². The molecule has 3 unspecified atom stereocenters. The van der Waals surface area contributed by atoms with Gasteiger partial charge in [-0.3, -0.25) is 14.6 Å². The van der Waals surface area contributed by atoms with E-state index in [4.69, 9.17) is 4.74 Å². The summed E-state index contributed by atoms with van der Waals surface area (Å²) < 4.78 is 5.81. The van der Waals surface area contributed by atoms with Crippen LogP contribution in [0.25, 0.3) is 0 Å². The van der Waals surface area contributed by atoms with Gasteiger partial charge in [0.25, 0.3) is 5.91 Å². The first kappa shape index (κ1) is 21.0. The number of nitrogens with zero attached hydrogens (tertiary/aromatic N) is 2. The molecule has 5 nitrogen and oxygen atoms in total. The van der Waals surface area contributed by atoms with E-state index >= 15 is 0 Å². The summed E-state index contributed by atoms with van der Waals surface area (Å²) in [5, 5.41) is 3.22. The second-order valence-corrected chi connectivity index (χ2v) is 8.83. The number of rotatable bonds is 6. The molecule has 4 rings (SSSR count). The molecule has 1 N–H and O–H groups in total. The van der Waals surface area contributed by atoms with E-state index in [9.17, 15) is 4.79 Å². The van der Waals surface area contributed by atoms with Gasteiger partial charge in [-0.1, -0.05) is 42.5 Å². The summed E-state index contributed by atoms with van der Waals surface area (Å²) in [7, 11) is 0. The largest absolute Gasteiger partial charge is 0.373 e. The molecule has 0 spiro atoms. The molecular weight excluding hydrogens is 374 g/mol. The molecule has 0 aromatic heterocycles. The molecule has 2 fully saturated rings. The van der Waals surface area contributed by atoms with E-state index in [0.717, 1.165) is 51.3 Å². The fraction of sp³-hybridized carbons (Fsp3) is 0.480. The standard InChI is InChI=1S/C25H33N3O2/c1-19-14-28(15-20(2)30-19)17-22-8-10-23(11-9-22)25(29)26-24-12-13-27(18-24)16-21-6-4-3-5-7-21/h3-11,19-20,24H,12-18H2,1-2H3,(H,26,29). The van der Waals surface area contributed by atoms with Gasteiger partial charge in [-0.25, -0.2) is 0 Å². The number of nitrogens with one attached hydrogen (secondary N) is 1. The van der Waals surface area contributed by atoms with Gasteiger partial charge in [-0.05, 0) is 43.5 Å². The Labute approximate surface area is 180 Å². The van der Waals surface area contributed by atoms with E-state index in [1.165, 1.54) is 11.1 Å². The SMILES string of the molecule is CC1CN(Cc2ccc(C(=O)NC3CCN(Cc4ccccc4)C3)cc2)CC(C)O1. The molecule has 160 valence electrons. The molecule has 2 aromatic rings. The number of benzene rings is 2. The lowest BCUT2D eigenvalue weighted by molar-refractivity contribution is -0.0704. The van der Waals surface area contributed by atoms with Crippen LogP contribution in [0.4, 0.5) is 0 Å². The Morgan fingerprint density at radius 1 is 0.900 bits per heavy atom. The zero-order valence-corrected chi connectivity index (χ0v) is 18.1. The lowest BCUT2D eigenvalue weighted by atomic mass is 10.1. The van der Waals surface area contributed by atoms with Gasteiger partial charge in [-0.2, -0.15) is 0 Å². The molecular formula is C25H33N3O2. The molecule has 30 heavy (non-hydrogen) atoms. The minimum absolute atomic E-state index is 0.0294. The minimum atomic E-state index is 0.0294. The second-order valence-electron chi connectivity index (χ2n) is 8.83. The van der Waals surface area contributed by atoms with Gasteiger partial charge in [-0.15, -0.1) is 0 Å². The Morgan fingerprint density at radius 2 is 1.53 bits per heavy atom. The summed E-state index contributed by atoms with van der Waals surface area (Å²) in [6, 6.07) is 18.8. The Hall–Kier alpha value is -2.21. The highest BCUT2D eigenvalue weighted by atomic mass is 16.5. The highest BCUT2D eigenvalue weighted by Crippen LogP contribution is 2.16. The number of likely N-dealkylation sites (tertiary alicyclic amines) is 1. The van der Waals surface area contributed by atoms with Crippen LogP contribution >= 0.6 is 0 Å². The maximum Gasteiger partial charge on any atom is 0.251 e. The maximum atomic E-state index is 12.7. The number of ether oxygens (including phenoxy) is 1. The fourth-order valence-electron chi connectivity index (χ4n) is 4.64. The molecule has 0 aliphatic carbocycles. The van der Waals surface area contributed by atoms with Crippen LogP contribution in [0.5, 0.6) is 0 Å². The van der Waals surface area contributed by atoms with Gasteiger partial charge in [0.05, 0.1) is 12.2 Å². The molecule has 5 heteroatoms. The molecule has 2 aromatic carbocycles. The average molecular weight is 408 g/mol. The predicted octanol–water partition coefficient (Wildman–Crippen LogP) is 3.30. The number of carbonyl (C=O) groups excluding carboxylic acids is 1. The van der Waals surface area contributed by atoms with Crippen molar-refractivity contribution in [3.63, 3.8) is 0 Å². The number of amides is 1. The van der Waals surface area contributed by atoms with Crippen LogP contribution in [0.2, 0.25) is 0 Å². The van der Waals surface area contributed by atoms with E-state index in [-0.39, 0.29) is 24.2 Å². The highest BCUT2D eigenvalue weighted by Gasteiger charge is 2.25. The molecule has 0 saturated carbocycles. The van der Waals surface area contributed by atoms with Gasteiger partial charge in [0.1, 0.15) is 0 Å². The van der Waals surface area contributed by atoms with Gasteiger partial charge >= 0.3 is 0 Å². The van der Waals surface area contributed by atoms with Crippen molar-refractivity contribution in [2.75, 3.05) is 26.2 Å². The average Bonchev–Trinajstić information content (AvgIpc) is 3.15. The predicted molar refractivity (Wildman–Crippen MR) is 119 cm³/mol. The Bertz CT molecular complexity index is 814. The van der Waals surface area contributed by atoms with Crippen molar-refractivity contribution in [3.05, 3.63) is 71.3 Å². The number of hydrogen-bond acceptors (Lipinski definition) is 4. The molecule has 0 radical (unpaired) electrons. The van der Waals surface area contributed by atoms with Gasteiger partial charge < -0.3 is 10.1 Å². The molecule has 2 aliphatic heterocycles. The third-order valence-corrected chi connectivity index (χ3v) is 5.97. The summed E-state index contributed by atoms with van der Waals surface area (Å²) in [5.74, 6) is 0.0294. The Kier molecular flexibility index (Phi) is 6.82. The quantitative estimate of drug-likeness (QED) is 0.798. The van der Waals surface area contributed by atoms with E-state index < -0.39 is 0 Å². The molecule has 0 bridgehead atoms. The zero-order valence-electron chi connectivity index (χ0n) is 18.1. The van der Waals surface area contributed by atoms with Crippen LogP contribution in [0.3, 0.4) is 0 Å². The topological polar surface area (TPSA) is 44.8 Å². The van der Waals surface area contributed by atoms with Crippen LogP contribution < -0.4 is 5.32 Å². The number of hydrogen-bond donors (Lipinski definition) is 1. The monoisotopic (exact) mass is 407 g/mol. The van der Waals surface area contributed by atoms with E-state index in [1.54, 1.807) is 0 Å². The van der Waals surface area contributed by atoms with Crippen LogP contribution in [0, 0.1) is 0 Å². The summed E-state index contributed by atoms with van der Waals surface area (Å²) in [5.41, 5.74) is 3.30. The second kappa shape index (κ2) is 9.73. The molecule has 2 saturated heterocycles. The molecule has 3 atom stereocenters. The van der Waals surface area contributed by atoms with Crippen molar-refractivity contribution < 1.29 is 9.53 Å². The number of carbonyl (C=O) groups is 1. The highest BCUT2D eigenvalue weighted by molar-refractivity contribution is 5.94. The summed E-state index contributed by atoms with van der Waals surface area (Å²) >= 11 is 0. The van der Waals surface area contributed by atoms with Gasteiger partial charge in [0.2, 0.25) is 0 Å². The molecule has 1 amide bonds. The van der Waals surface area contributed by atoms with E-state index in [2.05, 4.69) is 65.4 Å². The summed E-state index contributed by atoms with van der Waals surface area (Å²) in [6.45, 7) is 9.93. The van der Waals surface area contributed by atoms with Crippen molar-refractivity contribution in [1.29, 1.82) is 0 Å². The lowest BCUT2D eigenvalue weighted by Crippen LogP contribution is -2.44. The van der Waals surface area contributed by atoms with Crippen LogP contribution in [0.1, 0.15) is 41.8 Å². The minimum Gasteiger partial charge on any atom is -0.373 e.